The molecule has 1 fully saturated rings. The zero-order chi connectivity index (χ0) is 9.71. The molecule has 1 aromatic rings. The lowest BCUT2D eigenvalue weighted by atomic mass is 10.1. The van der Waals surface area contributed by atoms with E-state index in [2.05, 4.69) is 10.4 Å². The molecule has 0 saturated heterocycles. The maximum absolute atomic E-state index is 11.8. The van der Waals surface area contributed by atoms with E-state index < -0.39 is 0 Å². The quantitative estimate of drug-likeness (QED) is 0.742. The van der Waals surface area contributed by atoms with Gasteiger partial charge in [0.25, 0.3) is 0 Å². The predicted molar refractivity (Wildman–Crippen MR) is 51.4 cm³/mol. The second-order valence-electron chi connectivity index (χ2n) is 4.12. The van der Waals surface area contributed by atoms with Crippen molar-refractivity contribution in [3.63, 3.8) is 0 Å². The molecule has 2 heterocycles. The number of likely N-dealkylation sites (N-methyl/N-ethyl adjacent to an activating group) is 1. The summed E-state index contributed by atoms with van der Waals surface area (Å²) in [7, 11) is 1.82. The average Bonchev–Trinajstić information content (AvgIpc) is 2.88. The summed E-state index contributed by atoms with van der Waals surface area (Å²) in [5.41, 5.74) is 1.90. The van der Waals surface area contributed by atoms with Gasteiger partial charge in [0.15, 0.2) is 5.78 Å². The molecule has 14 heavy (non-hydrogen) atoms. The number of aromatic nitrogens is 2. The Hall–Kier alpha value is -1.16. The van der Waals surface area contributed by atoms with Crippen molar-refractivity contribution in [2.45, 2.75) is 31.3 Å². The van der Waals surface area contributed by atoms with Crippen LogP contribution in [0.25, 0.3) is 0 Å². The lowest BCUT2D eigenvalue weighted by Gasteiger charge is -2.03. The van der Waals surface area contributed by atoms with Gasteiger partial charge >= 0.3 is 0 Å². The second-order valence-corrected chi connectivity index (χ2v) is 4.12. The van der Waals surface area contributed by atoms with E-state index in [1.165, 1.54) is 12.8 Å². The molecule has 74 valence electrons. The van der Waals surface area contributed by atoms with E-state index in [1.807, 2.05) is 17.8 Å². The Morgan fingerprint density at radius 1 is 1.57 bits per heavy atom. The van der Waals surface area contributed by atoms with Crippen LogP contribution in [0.4, 0.5) is 0 Å². The van der Waals surface area contributed by atoms with Crippen LogP contribution in [0, 0.1) is 0 Å². The fourth-order valence-electron chi connectivity index (χ4n) is 2.01. The summed E-state index contributed by atoms with van der Waals surface area (Å²) in [6.07, 6.45) is 2.47. The number of hydrogen-bond donors (Lipinski definition) is 1. The number of fused-ring (bicyclic) bond motifs is 1. The number of rotatable bonds is 2. The van der Waals surface area contributed by atoms with Gasteiger partial charge in [-0.1, -0.05) is 0 Å². The zero-order valence-corrected chi connectivity index (χ0v) is 8.16. The van der Waals surface area contributed by atoms with Gasteiger partial charge in [0.2, 0.25) is 0 Å². The molecule has 1 unspecified atom stereocenters. The van der Waals surface area contributed by atoms with Crippen LogP contribution in [0.15, 0.2) is 6.07 Å². The van der Waals surface area contributed by atoms with Crippen LogP contribution in [-0.4, -0.2) is 28.7 Å². The number of ketones is 1. The van der Waals surface area contributed by atoms with E-state index in [9.17, 15) is 4.79 Å². The first kappa shape index (κ1) is 8.17. The predicted octanol–water partition coefficient (Wildman–Crippen LogP) is 0.545. The average molecular weight is 191 g/mol. The molecule has 0 bridgehead atoms. The standard InChI is InChI=1S/C10H13N3O/c1-11-8-5-13-9(10(8)14)4-7(12-13)6-2-3-6/h4,6,8,11H,2-3,5H2,1H3. The number of Topliss-reactive ketones (excluding diaryl/α,β-unsaturated/α-hetero) is 1. The van der Waals surface area contributed by atoms with Crippen LogP contribution >= 0.6 is 0 Å². The van der Waals surface area contributed by atoms with Crippen LogP contribution in [0.1, 0.15) is 34.9 Å². The minimum absolute atomic E-state index is 0.0641. The number of nitrogens with zero attached hydrogens (tertiary/aromatic N) is 2. The first-order valence-electron chi connectivity index (χ1n) is 5.09. The molecule has 1 atom stereocenters. The van der Waals surface area contributed by atoms with Gasteiger partial charge in [-0.05, 0) is 26.0 Å². The molecular formula is C10H13N3O. The number of hydrogen-bond acceptors (Lipinski definition) is 3. The van der Waals surface area contributed by atoms with Crippen molar-refractivity contribution in [1.82, 2.24) is 15.1 Å². The van der Waals surface area contributed by atoms with Gasteiger partial charge in [-0.2, -0.15) is 5.10 Å². The minimum Gasteiger partial charge on any atom is -0.309 e. The number of carbonyl (C=O) groups excluding carboxylic acids is 1. The van der Waals surface area contributed by atoms with Gasteiger partial charge in [0, 0.05) is 5.92 Å². The van der Waals surface area contributed by atoms with Crippen molar-refractivity contribution >= 4 is 5.78 Å². The first-order chi connectivity index (χ1) is 6.79. The topological polar surface area (TPSA) is 46.9 Å². The molecule has 4 nitrogen and oxygen atoms in total. The Kier molecular flexibility index (Phi) is 1.56. The third-order valence-electron chi connectivity index (χ3n) is 3.07. The summed E-state index contributed by atoms with van der Waals surface area (Å²) < 4.78 is 1.84. The third-order valence-corrected chi connectivity index (χ3v) is 3.07. The van der Waals surface area contributed by atoms with E-state index in [4.69, 9.17) is 0 Å². The summed E-state index contributed by atoms with van der Waals surface area (Å²) in [4.78, 5) is 11.8. The van der Waals surface area contributed by atoms with E-state index in [0.29, 0.717) is 12.5 Å². The molecule has 4 heteroatoms. The maximum Gasteiger partial charge on any atom is 0.199 e. The van der Waals surface area contributed by atoms with E-state index in [0.717, 1.165) is 11.4 Å². The molecule has 1 aliphatic heterocycles. The first-order valence-corrected chi connectivity index (χ1v) is 5.09. The molecule has 0 spiro atoms. The largest absolute Gasteiger partial charge is 0.309 e. The van der Waals surface area contributed by atoms with Crippen molar-refractivity contribution in [3.05, 3.63) is 17.5 Å². The van der Waals surface area contributed by atoms with Crippen molar-refractivity contribution < 1.29 is 4.79 Å². The Balaban J connectivity index is 1.94. The van der Waals surface area contributed by atoms with E-state index >= 15 is 0 Å². The number of carbonyl (C=O) groups is 1. The highest BCUT2D eigenvalue weighted by Gasteiger charge is 2.34. The highest BCUT2D eigenvalue weighted by molar-refractivity contribution is 6.00. The minimum atomic E-state index is -0.0641. The zero-order valence-electron chi connectivity index (χ0n) is 8.16. The van der Waals surface area contributed by atoms with Crippen LogP contribution < -0.4 is 5.32 Å². The van der Waals surface area contributed by atoms with E-state index in [1.54, 1.807) is 0 Å². The van der Waals surface area contributed by atoms with Crippen molar-refractivity contribution in [2.24, 2.45) is 0 Å². The summed E-state index contributed by atoms with van der Waals surface area (Å²) >= 11 is 0. The summed E-state index contributed by atoms with van der Waals surface area (Å²) in [5, 5.41) is 7.46. The fraction of sp³-hybridized carbons (Fsp3) is 0.600. The molecular weight excluding hydrogens is 178 g/mol. The fourth-order valence-corrected chi connectivity index (χ4v) is 2.01. The second kappa shape index (κ2) is 2.67. The molecule has 0 aromatic carbocycles. The highest BCUT2D eigenvalue weighted by atomic mass is 16.1. The molecule has 1 aromatic heterocycles. The van der Waals surface area contributed by atoms with Gasteiger partial charge < -0.3 is 5.32 Å². The monoisotopic (exact) mass is 191 g/mol. The Morgan fingerprint density at radius 2 is 2.36 bits per heavy atom. The molecule has 0 radical (unpaired) electrons. The smallest absolute Gasteiger partial charge is 0.199 e. The summed E-state index contributed by atoms with van der Waals surface area (Å²) in [5.74, 6) is 0.820. The van der Waals surface area contributed by atoms with Gasteiger partial charge in [-0.25, -0.2) is 0 Å². The molecule has 2 aliphatic rings. The van der Waals surface area contributed by atoms with Crippen LogP contribution in [-0.2, 0) is 6.54 Å². The third kappa shape index (κ3) is 1.04. The van der Waals surface area contributed by atoms with Crippen LogP contribution in [0.3, 0.4) is 0 Å². The SMILES string of the molecule is CNC1Cn2nc(C3CC3)cc2C1=O. The van der Waals surface area contributed by atoms with Crippen LogP contribution in [0.5, 0.6) is 0 Å². The Morgan fingerprint density at radius 3 is 2.93 bits per heavy atom. The van der Waals surface area contributed by atoms with Crippen molar-refractivity contribution in [2.75, 3.05) is 7.05 Å². The van der Waals surface area contributed by atoms with Gasteiger partial charge in [0.05, 0.1) is 18.3 Å². The molecule has 1 saturated carbocycles. The van der Waals surface area contributed by atoms with Crippen LogP contribution in [0.2, 0.25) is 0 Å². The summed E-state index contributed by atoms with van der Waals surface area (Å²) in [6, 6.07) is 1.91. The Labute approximate surface area is 82.3 Å². The van der Waals surface area contributed by atoms with E-state index in [-0.39, 0.29) is 11.8 Å². The molecule has 1 N–H and O–H groups in total. The highest BCUT2D eigenvalue weighted by Crippen LogP contribution is 2.40. The normalized spacial score (nSPS) is 25.5. The van der Waals surface area contributed by atoms with Gasteiger partial charge in [0.1, 0.15) is 5.69 Å². The lowest BCUT2D eigenvalue weighted by Crippen LogP contribution is -2.31. The van der Waals surface area contributed by atoms with Crippen molar-refractivity contribution in [3.8, 4) is 0 Å². The Bertz CT molecular complexity index is 392. The molecule has 3 rings (SSSR count). The number of nitrogens with one attached hydrogen (secondary N) is 1. The van der Waals surface area contributed by atoms with Crippen molar-refractivity contribution in [1.29, 1.82) is 0 Å². The summed E-state index contributed by atoms with van der Waals surface area (Å²) in [6.45, 7) is 0.692. The molecule has 1 aliphatic carbocycles. The van der Waals surface area contributed by atoms with Gasteiger partial charge in [-0.3, -0.25) is 9.48 Å². The maximum atomic E-state index is 11.8. The van der Waals surface area contributed by atoms with Gasteiger partial charge in [-0.15, -0.1) is 0 Å². The molecule has 0 amide bonds. The lowest BCUT2D eigenvalue weighted by molar-refractivity contribution is 0.0962.